The van der Waals surface area contributed by atoms with Crippen LogP contribution in [0.15, 0.2) is 36.4 Å². The monoisotopic (exact) mass is 446 g/mol. The lowest BCUT2D eigenvalue weighted by Crippen LogP contribution is -2.54. The van der Waals surface area contributed by atoms with E-state index in [1.807, 2.05) is 18.2 Å². The van der Waals surface area contributed by atoms with Gasteiger partial charge >= 0.3 is 0 Å². The standard InChI is InChI=1S/C24H30N8O/c1-14-12-32(13-15(2)27-14)17-5-7-20-21(11-17)29-23(28-20)22-18-10-16(4-6-19(18)30-31-22)24(33)26-9-3-8-25/h4-7,10-11,14-15,27H,3,8-9,12-13,25H2,1-2H3,(H,26,33)(H,28,29)(H,30,31)/t14-,15+. The van der Waals surface area contributed by atoms with Crippen molar-refractivity contribution in [1.82, 2.24) is 30.8 Å². The summed E-state index contributed by atoms with van der Waals surface area (Å²) >= 11 is 0. The summed E-state index contributed by atoms with van der Waals surface area (Å²) in [5.41, 5.74) is 10.7. The SMILES string of the molecule is C[C@@H]1CN(c2ccc3nc(-c4n[nH]c5ccc(C(=O)NCCCN)cc45)[nH]c3c2)C[C@H](C)N1. The minimum absolute atomic E-state index is 0.119. The van der Waals surface area contributed by atoms with Crippen molar-refractivity contribution < 1.29 is 4.79 Å². The van der Waals surface area contributed by atoms with Crippen molar-refractivity contribution in [2.24, 2.45) is 5.73 Å². The maximum atomic E-state index is 12.5. The fraction of sp³-hybridized carbons (Fsp3) is 0.375. The molecule has 3 heterocycles. The number of aromatic nitrogens is 4. The second kappa shape index (κ2) is 8.84. The van der Waals surface area contributed by atoms with E-state index in [0.29, 0.717) is 42.3 Å². The number of nitrogens with one attached hydrogen (secondary N) is 4. The maximum Gasteiger partial charge on any atom is 0.251 e. The molecule has 0 bridgehead atoms. The van der Waals surface area contributed by atoms with Crippen LogP contribution in [0.1, 0.15) is 30.6 Å². The zero-order valence-electron chi connectivity index (χ0n) is 19.0. The number of hydrogen-bond donors (Lipinski definition) is 5. The molecule has 0 radical (unpaired) electrons. The Morgan fingerprint density at radius 1 is 1.15 bits per heavy atom. The summed E-state index contributed by atoms with van der Waals surface area (Å²) in [6.07, 6.45) is 0.748. The van der Waals surface area contributed by atoms with Gasteiger partial charge in [-0.3, -0.25) is 9.89 Å². The van der Waals surface area contributed by atoms with E-state index in [-0.39, 0.29) is 5.91 Å². The Labute approximate surface area is 192 Å². The van der Waals surface area contributed by atoms with Gasteiger partial charge in [0.15, 0.2) is 5.82 Å². The highest BCUT2D eigenvalue weighted by Crippen LogP contribution is 2.29. The second-order valence-corrected chi connectivity index (χ2v) is 8.89. The molecule has 1 aliphatic heterocycles. The number of imidazole rings is 1. The van der Waals surface area contributed by atoms with Crippen LogP contribution >= 0.6 is 0 Å². The molecular formula is C24H30N8O. The number of H-pyrrole nitrogens is 2. The molecule has 1 saturated heterocycles. The molecule has 0 saturated carbocycles. The van der Waals surface area contributed by atoms with Crippen molar-refractivity contribution in [3.05, 3.63) is 42.0 Å². The molecule has 4 aromatic rings. The number of fused-ring (bicyclic) bond motifs is 2. The van der Waals surface area contributed by atoms with Crippen LogP contribution in [0.2, 0.25) is 0 Å². The number of benzene rings is 2. The number of amides is 1. The number of aromatic amines is 2. The molecule has 33 heavy (non-hydrogen) atoms. The Kier molecular flexibility index (Phi) is 5.74. The fourth-order valence-corrected chi connectivity index (χ4v) is 4.59. The Morgan fingerprint density at radius 2 is 1.97 bits per heavy atom. The average Bonchev–Trinajstić information content (AvgIpc) is 3.41. The van der Waals surface area contributed by atoms with Gasteiger partial charge in [0.1, 0.15) is 5.69 Å². The summed E-state index contributed by atoms with van der Waals surface area (Å²) in [5, 5.41) is 14.9. The zero-order valence-corrected chi connectivity index (χ0v) is 19.0. The normalized spacial score (nSPS) is 18.8. The van der Waals surface area contributed by atoms with E-state index in [2.05, 4.69) is 56.7 Å². The highest BCUT2D eigenvalue weighted by Gasteiger charge is 2.22. The van der Waals surface area contributed by atoms with Gasteiger partial charge in [0, 0.05) is 48.4 Å². The van der Waals surface area contributed by atoms with Crippen molar-refractivity contribution in [3.8, 4) is 11.5 Å². The zero-order chi connectivity index (χ0) is 22.9. The van der Waals surface area contributed by atoms with Crippen LogP contribution in [-0.4, -0.2) is 64.3 Å². The number of nitrogens with two attached hydrogens (primary N) is 1. The molecular weight excluding hydrogens is 416 g/mol. The predicted molar refractivity (Wildman–Crippen MR) is 131 cm³/mol. The molecule has 2 aromatic carbocycles. The number of nitrogens with zero attached hydrogens (tertiary/aromatic N) is 3. The first-order chi connectivity index (χ1) is 16.0. The molecule has 2 aromatic heterocycles. The van der Waals surface area contributed by atoms with Gasteiger partial charge < -0.3 is 26.3 Å². The molecule has 0 aliphatic carbocycles. The summed E-state index contributed by atoms with van der Waals surface area (Å²) in [6.45, 7) is 7.47. The lowest BCUT2D eigenvalue weighted by molar-refractivity contribution is 0.0953. The van der Waals surface area contributed by atoms with Gasteiger partial charge in [-0.15, -0.1) is 0 Å². The van der Waals surface area contributed by atoms with E-state index in [1.54, 1.807) is 6.07 Å². The minimum atomic E-state index is -0.119. The first-order valence-corrected chi connectivity index (χ1v) is 11.5. The van der Waals surface area contributed by atoms with Crippen molar-refractivity contribution in [3.63, 3.8) is 0 Å². The number of rotatable bonds is 6. The van der Waals surface area contributed by atoms with E-state index >= 15 is 0 Å². The van der Waals surface area contributed by atoms with Crippen LogP contribution in [0.3, 0.4) is 0 Å². The van der Waals surface area contributed by atoms with Gasteiger partial charge in [0.25, 0.3) is 5.91 Å². The van der Waals surface area contributed by atoms with Crippen molar-refractivity contribution in [2.75, 3.05) is 31.1 Å². The van der Waals surface area contributed by atoms with Gasteiger partial charge in [0.05, 0.1) is 16.6 Å². The molecule has 2 atom stereocenters. The second-order valence-electron chi connectivity index (χ2n) is 8.89. The summed E-state index contributed by atoms with van der Waals surface area (Å²) < 4.78 is 0. The molecule has 6 N–H and O–H groups in total. The largest absolute Gasteiger partial charge is 0.368 e. The van der Waals surface area contributed by atoms with Gasteiger partial charge in [-0.25, -0.2) is 4.98 Å². The smallest absolute Gasteiger partial charge is 0.251 e. The summed E-state index contributed by atoms with van der Waals surface area (Å²) in [6, 6.07) is 12.7. The first kappa shape index (κ1) is 21.4. The number of anilines is 1. The van der Waals surface area contributed by atoms with Gasteiger partial charge in [0.2, 0.25) is 0 Å². The third-order valence-corrected chi connectivity index (χ3v) is 6.10. The molecule has 1 amide bonds. The Balaban J connectivity index is 1.45. The van der Waals surface area contributed by atoms with Gasteiger partial charge in [-0.1, -0.05) is 0 Å². The molecule has 9 heteroatoms. The lowest BCUT2D eigenvalue weighted by atomic mass is 10.1. The number of hydrogen-bond acceptors (Lipinski definition) is 6. The molecule has 0 spiro atoms. The van der Waals surface area contributed by atoms with Crippen LogP contribution in [0, 0.1) is 0 Å². The quantitative estimate of drug-likeness (QED) is 0.289. The van der Waals surface area contributed by atoms with Crippen LogP contribution in [0.4, 0.5) is 5.69 Å². The van der Waals surface area contributed by atoms with E-state index in [9.17, 15) is 4.79 Å². The van der Waals surface area contributed by atoms with Gasteiger partial charge in [-0.2, -0.15) is 5.10 Å². The average molecular weight is 447 g/mol. The van der Waals surface area contributed by atoms with Crippen LogP contribution in [-0.2, 0) is 0 Å². The number of carbonyl (C=O) groups is 1. The Bertz CT molecular complexity index is 1280. The summed E-state index contributed by atoms with van der Waals surface area (Å²) in [5.74, 6) is 0.558. The van der Waals surface area contributed by atoms with Crippen molar-refractivity contribution >= 4 is 33.5 Å². The topological polar surface area (TPSA) is 128 Å². The van der Waals surface area contributed by atoms with E-state index in [1.165, 1.54) is 5.69 Å². The van der Waals surface area contributed by atoms with Crippen LogP contribution < -0.4 is 21.3 Å². The molecule has 5 rings (SSSR count). The van der Waals surface area contributed by atoms with Crippen LogP contribution in [0.5, 0.6) is 0 Å². The first-order valence-electron chi connectivity index (χ1n) is 11.5. The predicted octanol–water partition coefficient (Wildman–Crippen LogP) is 2.37. The lowest BCUT2D eigenvalue weighted by Gasteiger charge is -2.37. The van der Waals surface area contributed by atoms with Crippen molar-refractivity contribution in [2.45, 2.75) is 32.4 Å². The highest BCUT2D eigenvalue weighted by molar-refractivity contribution is 6.01. The fourth-order valence-electron chi connectivity index (χ4n) is 4.59. The van der Waals surface area contributed by atoms with E-state index in [4.69, 9.17) is 10.7 Å². The highest BCUT2D eigenvalue weighted by atomic mass is 16.1. The minimum Gasteiger partial charge on any atom is -0.368 e. The summed E-state index contributed by atoms with van der Waals surface area (Å²) in [4.78, 5) is 23.1. The summed E-state index contributed by atoms with van der Waals surface area (Å²) in [7, 11) is 0. The van der Waals surface area contributed by atoms with E-state index in [0.717, 1.165) is 41.4 Å². The molecule has 172 valence electrons. The molecule has 0 unspecified atom stereocenters. The molecule has 1 aliphatic rings. The Hall–Kier alpha value is -3.43. The van der Waals surface area contributed by atoms with Gasteiger partial charge in [-0.05, 0) is 63.2 Å². The van der Waals surface area contributed by atoms with E-state index < -0.39 is 0 Å². The van der Waals surface area contributed by atoms with Crippen molar-refractivity contribution in [1.29, 1.82) is 0 Å². The van der Waals surface area contributed by atoms with Crippen LogP contribution in [0.25, 0.3) is 33.5 Å². The number of carbonyl (C=O) groups excluding carboxylic acids is 1. The third-order valence-electron chi connectivity index (χ3n) is 6.10. The molecule has 1 fully saturated rings. The molecule has 9 nitrogen and oxygen atoms in total. The third kappa shape index (κ3) is 4.29. The number of piperazine rings is 1. The maximum absolute atomic E-state index is 12.5. The Morgan fingerprint density at radius 3 is 2.76 bits per heavy atom.